The minimum absolute atomic E-state index is 0.211. The van der Waals surface area contributed by atoms with Crippen LogP contribution in [-0.4, -0.2) is 21.6 Å². The normalized spacial score (nSPS) is 11.0. The maximum absolute atomic E-state index is 12.0. The van der Waals surface area contributed by atoms with Gasteiger partial charge in [0.1, 0.15) is 12.4 Å². The molecule has 23 heavy (non-hydrogen) atoms. The van der Waals surface area contributed by atoms with E-state index in [9.17, 15) is 4.79 Å². The molecule has 0 spiro atoms. The summed E-state index contributed by atoms with van der Waals surface area (Å²) in [4.78, 5) is 23.0. The fourth-order valence-corrected chi connectivity index (χ4v) is 2.40. The summed E-state index contributed by atoms with van der Waals surface area (Å²) in [6, 6.07) is 9.14. The lowest BCUT2D eigenvalue weighted by Gasteiger charge is -2.05. The second-order valence-electron chi connectivity index (χ2n) is 4.97. The Morgan fingerprint density at radius 2 is 1.91 bits per heavy atom. The van der Waals surface area contributed by atoms with E-state index < -0.39 is 0 Å². The Morgan fingerprint density at radius 3 is 2.70 bits per heavy atom. The molecule has 0 saturated carbocycles. The first-order chi connectivity index (χ1) is 11.1. The Labute approximate surface area is 142 Å². The van der Waals surface area contributed by atoms with E-state index in [1.54, 1.807) is 6.07 Å². The molecule has 3 aromatic rings. The largest absolute Gasteiger partial charge is 0.373 e. The quantitative estimate of drug-likeness (QED) is 0.717. The van der Waals surface area contributed by atoms with Crippen LogP contribution in [0.15, 0.2) is 41.3 Å². The molecular weight excluding hydrogens is 337 g/mol. The van der Waals surface area contributed by atoms with Crippen molar-refractivity contribution >= 4 is 34.2 Å². The lowest BCUT2D eigenvalue weighted by molar-refractivity contribution is 0.118. The molecule has 0 unspecified atom stereocenters. The molecule has 0 saturated heterocycles. The van der Waals surface area contributed by atoms with E-state index in [-0.39, 0.29) is 12.2 Å². The zero-order chi connectivity index (χ0) is 16.2. The first-order valence-electron chi connectivity index (χ1n) is 6.98. The van der Waals surface area contributed by atoms with Gasteiger partial charge in [0.05, 0.1) is 17.0 Å². The van der Waals surface area contributed by atoms with Crippen LogP contribution in [0.2, 0.25) is 10.0 Å². The van der Waals surface area contributed by atoms with Crippen LogP contribution in [0.4, 0.5) is 0 Å². The number of rotatable bonds is 5. The van der Waals surface area contributed by atoms with Crippen LogP contribution >= 0.6 is 23.2 Å². The van der Waals surface area contributed by atoms with Gasteiger partial charge in [0, 0.05) is 11.2 Å². The fourth-order valence-electron chi connectivity index (χ4n) is 2.12. The molecule has 2 heterocycles. The highest BCUT2D eigenvalue weighted by molar-refractivity contribution is 6.31. The number of aromatic nitrogens is 3. The van der Waals surface area contributed by atoms with Crippen LogP contribution in [-0.2, 0) is 17.8 Å². The number of H-pyrrole nitrogens is 1. The standard InChI is InChI=1S/C16H13Cl2N3O2/c17-11-3-1-10(2-4-11)5-6-23-9-14-20-15-13(16(22)21-14)7-12(18)8-19-15/h1-4,7-8H,5-6,9H2,(H,19,20,21,22). The Hall–Kier alpha value is -1.95. The van der Waals surface area contributed by atoms with Gasteiger partial charge in [-0.2, -0.15) is 0 Å². The van der Waals surface area contributed by atoms with Gasteiger partial charge in [-0.05, 0) is 30.2 Å². The van der Waals surface area contributed by atoms with Gasteiger partial charge >= 0.3 is 0 Å². The summed E-state index contributed by atoms with van der Waals surface area (Å²) in [5.41, 5.74) is 1.21. The first-order valence-corrected chi connectivity index (χ1v) is 7.74. The van der Waals surface area contributed by atoms with Gasteiger partial charge < -0.3 is 9.72 Å². The number of nitrogens with one attached hydrogen (secondary N) is 1. The number of hydrogen-bond acceptors (Lipinski definition) is 4. The number of pyridine rings is 1. The van der Waals surface area contributed by atoms with Crippen LogP contribution in [0, 0.1) is 0 Å². The summed E-state index contributed by atoms with van der Waals surface area (Å²) in [5, 5.41) is 1.47. The number of aromatic amines is 1. The molecule has 3 rings (SSSR count). The zero-order valence-corrected chi connectivity index (χ0v) is 13.6. The van der Waals surface area contributed by atoms with Crippen LogP contribution in [0.5, 0.6) is 0 Å². The van der Waals surface area contributed by atoms with Crippen molar-refractivity contribution in [2.45, 2.75) is 13.0 Å². The molecule has 1 N–H and O–H groups in total. The zero-order valence-electron chi connectivity index (χ0n) is 12.1. The fraction of sp³-hybridized carbons (Fsp3) is 0.188. The summed E-state index contributed by atoms with van der Waals surface area (Å²) in [7, 11) is 0. The van der Waals surface area contributed by atoms with Gasteiger partial charge in [0.25, 0.3) is 5.56 Å². The van der Waals surface area contributed by atoms with Gasteiger partial charge in [0.15, 0.2) is 5.65 Å². The summed E-state index contributed by atoms with van der Waals surface area (Å²) >= 11 is 11.7. The topological polar surface area (TPSA) is 67.9 Å². The second kappa shape index (κ2) is 7.08. The average Bonchev–Trinajstić information content (AvgIpc) is 2.54. The molecular formula is C16H13Cl2N3O2. The van der Waals surface area contributed by atoms with E-state index >= 15 is 0 Å². The van der Waals surface area contributed by atoms with Crippen molar-refractivity contribution in [3.63, 3.8) is 0 Å². The van der Waals surface area contributed by atoms with Gasteiger partial charge in [0.2, 0.25) is 0 Å². The molecule has 0 aliphatic carbocycles. The van der Waals surface area contributed by atoms with Crippen molar-refractivity contribution in [3.8, 4) is 0 Å². The predicted molar refractivity (Wildman–Crippen MR) is 90.0 cm³/mol. The highest BCUT2D eigenvalue weighted by Crippen LogP contribution is 2.12. The third-order valence-corrected chi connectivity index (χ3v) is 3.72. The third-order valence-electron chi connectivity index (χ3n) is 3.26. The molecule has 1 aromatic carbocycles. The Morgan fingerprint density at radius 1 is 1.13 bits per heavy atom. The third kappa shape index (κ3) is 4.07. The molecule has 0 aliphatic rings. The molecule has 0 atom stereocenters. The first kappa shape index (κ1) is 15.9. The van der Waals surface area contributed by atoms with Gasteiger partial charge in [-0.25, -0.2) is 9.97 Å². The van der Waals surface area contributed by atoms with E-state index in [1.807, 2.05) is 24.3 Å². The maximum Gasteiger partial charge on any atom is 0.260 e. The van der Waals surface area contributed by atoms with E-state index in [0.717, 1.165) is 12.0 Å². The number of ether oxygens (including phenoxy) is 1. The van der Waals surface area contributed by atoms with Crippen molar-refractivity contribution < 1.29 is 4.74 Å². The molecule has 0 radical (unpaired) electrons. The number of nitrogens with zero attached hydrogens (tertiary/aromatic N) is 2. The predicted octanol–water partition coefficient (Wildman–Crippen LogP) is 3.38. The number of fused-ring (bicyclic) bond motifs is 1. The Kier molecular flexibility index (Phi) is 4.91. The molecule has 0 amide bonds. The Balaban J connectivity index is 1.62. The molecule has 7 heteroatoms. The monoisotopic (exact) mass is 349 g/mol. The molecule has 0 fully saturated rings. The van der Waals surface area contributed by atoms with Gasteiger partial charge in [-0.15, -0.1) is 0 Å². The molecule has 5 nitrogen and oxygen atoms in total. The van der Waals surface area contributed by atoms with Crippen molar-refractivity contribution in [2.24, 2.45) is 0 Å². The minimum Gasteiger partial charge on any atom is -0.373 e. The van der Waals surface area contributed by atoms with Crippen LogP contribution < -0.4 is 5.56 Å². The lowest BCUT2D eigenvalue weighted by Crippen LogP contribution is -2.14. The second-order valence-corrected chi connectivity index (χ2v) is 5.84. The van der Waals surface area contributed by atoms with Crippen molar-refractivity contribution in [1.29, 1.82) is 0 Å². The highest BCUT2D eigenvalue weighted by Gasteiger charge is 2.06. The van der Waals surface area contributed by atoms with Crippen molar-refractivity contribution in [2.75, 3.05) is 6.61 Å². The van der Waals surface area contributed by atoms with Crippen LogP contribution in [0.25, 0.3) is 11.0 Å². The summed E-state index contributed by atoms with van der Waals surface area (Å²) < 4.78 is 5.56. The average molecular weight is 350 g/mol. The summed E-state index contributed by atoms with van der Waals surface area (Å²) in [6.45, 7) is 0.723. The van der Waals surface area contributed by atoms with Crippen molar-refractivity contribution in [3.05, 3.63) is 68.3 Å². The Bertz CT molecular complexity index is 879. The molecule has 2 aromatic heterocycles. The number of halogens is 2. The smallest absolute Gasteiger partial charge is 0.260 e. The highest BCUT2D eigenvalue weighted by atomic mass is 35.5. The lowest BCUT2D eigenvalue weighted by atomic mass is 10.2. The van der Waals surface area contributed by atoms with E-state index in [0.29, 0.717) is 33.5 Å². The molecule has 118 valence electrons. The van der Waals surface area contributed by atoms with Gasteiger partial charge in [-0.3, -0.25) is 4.79 Å². The van der Waals surface area contributed by atoms with Crippen molar-refractivity contribution in [1.82, 2.24) is 15.0 Å². The molecule has 0 bridgehead atoms. The van der Waals surface area contributed by atoms with E-state index in [1.165, 1.54) is 6.20 Å². The van der Waals surface area contributed by atoms with Crippen LogP contribution in [0.3, 0.4) is 0 Å². The number of hydrogen-bond donors (Lipinski definition) is 1. The minimum atomic E-state index is -0.277. The molecule has 0 aliphatic heterocycles. The summed E-state index contributed by atoms with van der Waals surface area (Å²) in [6.07, 6.45) is 2.21. The summed E-state index contributed by atoms with van der Waals surface area (Å²) in [5.74, 6) is 0.438. The van der Waals surface area contributed by atoms with Gasteiger partial charge in [-0.1, -0.05) is 35.3 Å². The van der Waals surface area contributed by atoms with Crippen LogP contribution in [0.1, 0.15) is 11.4 Å². The maximum atomic E-state index is 12.0. The SMILES string of the molecule is O=c1[nH]c(COCCc2ccc(Cl)cc2)nc2ncc(Cl)cc12. The number of benzene rings is 1. The van der Waals surface area contributed by atoms with E-state index in [2.05, 4.69) is 15.0 Å². The van der Waals surface area contributed by atoms with E-state index in [4.69, 9.17) is 27.9 Å².